The molecule has 1 amide bonds. The van der Waals surface area contributed by atoms with Crippen LogP contribution in [0.2, 0.25) is 0 Å². The van der Waals surface area contributed by atoms with Crippen molar-refractivity contribution in [2.45, 2.75) is 0 Å². The van der Waals surface area contributed by atoms with Crippen molar-refractivity contribution < 1.29 is 18.3 Å². The van der Waals surface area contributed by atoms with E-state index in [1.54, 1.807) is 24.3 Å². The number of aromatic nitrogens is 2. The van der Waals surface area contributed by atoms with Crippen molar-refractivity contribution in [3.63, 3.8) is 0 Å². The first kappa shape index (κ1) is 17.3. The zero-order valence-corrected chi connectivity index (χ0v) is 13.7. The lowest BCUT2D eigenvalue weighted by Gasteiger charge is -2.09. The molecule has 0 aliphatic rings. The molecule has 3 rings (SSSR count). The maximum atomic E-state index is 13.6. The van der Waals surface area contributed by atoms with Gasteiger partial charge in [-0.1, -0.05) is 12.1 Å². The van der Waals surface area contributed by atoms with E-state index in [9.17, 15) is 13.6 Å². The van der Waals surface area contributed by atoms with E-state index in [4.69, 9.17) is 4.74 Å². The number of methoxy groups -OCH3 is 1. The van der Waals surface area contributed by atoms with Gasteiger partial charge in [-0.05, 0) is 24.3 Å². The van der Waals surface area contributed by atoms with Crippen LogP contribution in [0.5, 0.6) is 5.75 Å². The Hall–Kier alpha value is -3.55. The minimum absolute atomic E-state index is 0.0485. The third-order valence-corrected chi connectivity index (χ3v) is 3.43. The second-order valence-electron chi connectivity index (χ2n) is 5.19. The summed E-state index contributed by atoms with van der Waals surface area (Å²) in [4.78, 5) is 20.1. The molecule has 2 aromatic carbocycles. The molecule has 0 fully saturated rings. The van der Waals surface area contributed by atoms with E-state index in [1.807, 2.05) is 0 Å². The average Bonchev–Trinajstić information content (AvgIpc) is 2.65. The summed E-state index contributed by atoms with van der Waals surface area (Å²) in [6, 6.07) is 10.3. The van der Waals surface area contributed by atoms with E-state index in [0.29, 0.717) is 11.4 Å². The van der Waals surface area contributed by atoms with Gasteiger partial charge < -0.3 is 15.4 Å². The summed E-state index contributed by atoms with van der Waals surface area (Å²) in [6.45, 7) is 0. The molecule has 26 heavy (non-hydrogen) atoms. The number of anilines is 3. The molecule has 132 valence electrons. The molecule has 0 aliphatic carbocycles. The summed E-state index contributed by atoms with van der Waals surface area (Å²) in [7, 11) is 1.52. The van der Waals surface area contributed by atoms with Gasteiger partial charge in [-0.15, -0.1) is 0 Å². The second kappa shape index (κ2) is 7.56. The Kier molecular flexibility index (Phi) is 5.02. The highest BCUT2D eigenvalue weighted by atomic mass is 19.1. The molecule has 0 radical (unpaired) electrons. The maximum Gasteiger partial charge on any atom is 0.275 e. The summed E-state index contributed by atoms with van der Waals surface area (Å²) >= 11 is 0. The third kappa shape index (κ3) is 3.92. The van der Waals surface area contributed by atoms with Crippen LogP contribution >= 0.6 is 0 Å². The topological polar surface area (TPSA) is 76.1 Å². The van der Waals surface area contributed by atoms with Gasteiger partial charge in [0.05, 0.1) is 19.5 Å². The fourth-order valence-corrected chi connectivity index (χ4v) is 2.15. The van der Waals surface area contributed by atoms with Crippen LogP contribution in [0.1, 0.15) is 10.5 Å². The zero-order valence-electron chi connectivity index (χ0n) is 13.7. The van der Waals surface area contributed by atoms with E-state index in [0.717, 1.165) is 12.1 Å². The van der Waals surface area contributed by atoms with Gasteiger partial charge in [-0.2, -0.15) is 0 Å². The van der Waals surface area contributed by atoms with E-state index in [2.05, 4.69) is 20.6 Å². The molecule has 0 atom stereocenters. The zero-order chi connectivity index (χ0) is 18.5. The largest absolute Gasteiger partial charge is 0.497 e. The Bertz CT molecular complexity index is 912. The standard InChI is InChI=1S/C18H14F2N4O2/c1-26-12-5-2-4-11(8-12)23-18(25)15-9-22-16(10-21-15)24-17-13(19)6-3-7-14(17)20/h2-10H,1H3,(H,22,24)(H,23,25). The summed E-state index contributed by atoms with van der Waals surface area (Å²) in [6.07, 6.45) is 2.42. The predicted molar refractivity (Wildman–Crippen MR) is 92.6 cm³/mol. The van der Waals surface area contributed by atoms with E-state index < -0.39 is 17.5 Å². The molecule has 0 unspecified atom stereocenters. The van der Waals surface area contributed by atoms with Gasteiger partial charge in [0.15, 0.2) is 0 Å². The van der Waals surface area contributed by atoms with Crippen molar-refractivity contribution in [2.24, 2.45) is 0 Å². The van der Waals surface area contributed by atoms with Crippen LogP contribution in [0.25, 0.3) is 0 Å². The number of hydrogen-bond donors (Lipinski definition) is 2. The number of hydrogen-bond acceptors (Lipinski definition) is 5. The number of benzene rings is 2. The fraction of sp³-hybridized carbons (Fsp3) is 0.0556. The first-order valence-corrected chi connectivity index (χ1v) is 7.55. The van der Waals surface area contributed by atoms with Crippen molar-refractivity contribution in [3.05, 3.63) is 72.2 Å². The van der Waals surface area contributed by atoms with Crippen molar-refractivity contribution >= 4 is 23.1 Å². The third-order valence-electron chi connectivity index (χ3n) is 3.43. The number of carbonyl (C=O) groups is 1. The fourth-order valence-electron chi connectivity index (χ4n) is 2.15. The number of amides is 1. The number of ether oxygens (including phenoxy) is 1. The maximum absolute atomic E-state index is 13.6. The summed E-state index contributed by atoms with van der Waals surface area (Å²) in [5.41, 5.74) is 0.245. The Morgan fingerprint density at radius 2 is 1.77 bits per heavy atom. The molecule has 8 heteroatoms. The normalized spacial score (nSPS) is 10.3. The number of nitrogens with zero attached hydrogens (tertiary/aromatic N) is 2. The first-order valence-electron chi connectivity index (χ1n) is 7.55. The van der Waals surface area contributed by atoms with Crippen molar-refractivity contribution in [1.29, 1.82) is 0 Å². The smallest absolute Gasteiger partial charge is 0.275 e. The number of para-hydroxylation sites is 1. The van der Waals surface area contributed by atoms with Gasteiger partial charge in [0.25, 0.3) is 5.91 Å². The van der Waals surface area contributed by atoms with Crippen molar-refractivity contribution in [2.75, 3.05) is 17.7 Å². The highest BCUT2D eigenvalue weighted by Gasteiger charge is 2.12. The van der Waals surface area contributed by atoms with E-state index in [-0.39, 0.29) is 17.2 Å². The van der Waals surface area contributed by atoms with Crippen LogP contribution in [0.15, 0.2) is 54.9 Å². The van der Waals surface area contributed by atoms with Crippen LogP contribution in [0.4, 0.5) is 26.0 Å². The molecule has 1 heterocycles. The van der Waals surface area contributed by atoms with Gasteiger partial charge in [0.1, 0.15) is 34.6 Å². The van der Waals surface area contributed by atoms with Crippen LogP contribution in [-0.2, 0) is 0 Å². The minimum atomic E-state index is -0.758. The molecule has 0 saturated carbocycles. The Morgan fingerprint density at radius 3 is 2.42 bits per heavy atom. The molecule has 6 nitrogen and oxygen atoms in total. The van der Waals surface area contributed by atoms with Crippen molar-refractivity contribution in [1.82, 2.24) is 9.97 Å². The summed E-state index contributed by atoms with van der Waals surface area (Å²) in [5, 5.41) is 5.16. The Balaban J connectivity index is 1.71. The van der Waals surface area contributed by atoms with Gasteiger partial charge in [-0.25, -0.2) is 18.7 Å². The Labute approximate surface area is 147 Å². The molecule has 0 spiro atoms. The number of carbonyl (C=O) groups excluding carboxylic acids is 1. The number of halogens is 2. The van der Waals surface area contributed by atoms with Crippen LogP contribution < -0.4 is 15.4 Å². The lowest BCUT2D eigenvalue weighted by atomic mass is 10.3. The quantitative estimate of drug-likeness (QED) is 0.728. The molecular weight excluding hydrogens is 342 g/mol. The van der Waals surface area contributed by atoms with Gasteiger partial charge in [0.2, 0.25) is 0 Å². The van der Waals surface area contributed by atoms with Crippen molar-refractivity contribution in [3.8, 4) is 5.75 Å². The molecule has 1 aromatic heterocycles. The minimum Gasteiger partial charge on any atom is -0.497 e. The lowest BCUT2D eigenvalue weighted by Crippen LogP contribution is -2.14. The number of rotatable bonds is 5. The highest BCUT2D eigenvalue weighted by molar-refractivity contribution is 6.02. The van der Waals surface area contributed by atoms with E-state index >= 15 is 0 Å². The van der Waals surface area contributed by atoms with Gasteiger partial charge in [0, 0.05) is 11.8 Å². The van der Waals surface area contributed by atoms with Crippen LogP contribution in [-0.4, -0.2) is 23.0 Å². The second-order valence-corrected chi connectivity index (χ2v) is 5.19. The molecule has 0 saturated heterocycles. The summed E-state index contributed by atoms with van der Waals surface area (Å²) in [5.74, 6) is -1.29. The molecule has 0 aliphatic heterocycles. The van der Waals surface area contributed by atoms with E-state index in [1.165, 1.54) is 25.6 Å². The SMILES string of the molecule is COc1cccc(NC(=O)c2cnc(Nc3c(F)cccc3F)cn2)c1. The van der Waals surface area contributed by atoms with Crippen LogP contribution in [0, 0.1) is 11.6 Å². The lowest BCUT2D eigenvalue weighted by molar-refractivity contribution is 0.102. The van der Waals surface area contributed by atoms with Crippen LogP contribution in [0.3, 0.4) is 0 Å². The van der Waals surface area contributed by atoms with Gasteiger partial charge in [-0.3, -0.25) is 4.79 Å². The average molecular weight is 356 g/mol. The Morgan fingerprint density at radius 1 is 1.04 bits per heavy atom. The highest BCUT2D eigenvalue weighted by Crippen LogP contribution is 2.22. The first-order chi connectivity index (χ1) is 12.6. The molecular formula is C18H14F2N4O2. The molecule has 0 bridgehead atoms. The summed E-state index contributed by atoms with van der Waals surface area (Å²) < 4.78 is 32.3. The van der Waals surface area contributed by atoms with Gasteiger partial charge >= 0.3 is 0 Å². The number of nitrogens with one attached hydrogen (secondary N) is 2. The monoisotopic (exact) mass is 356 g/mol. The predicted octanol–water partition coefficient (Wildman–Crippen LogP) is 3.76. The molecule has 3 aromatic rings. The molecule has 2 N–H and O–H groups in total.